The summed E-state index contributed by atoms with van der Waals surface area (Å²) in [6, 6.07) is 0. The third-order valence-electron chi connectivity index (χ3n) is 1.23. The zero-order valence-corrected chi connectivity index (χ0v) is 9.73. The van der Waals surface area contributed by atoms with Gasteiger partial charge in [0.1, 0.15) is 6.33 Å². The van der Waals surface area contributed by atoms with Crippen LogP contribution in [0.2, 0.25) is 0 Å². The zero-order valence-electron chi connectivity index (χ0n) is 6.51. The van der Waals surface area contributed by atoms with E-state index in [9.17, 15) is 0 Å². The van der Waals surface area contributed by atoms with Crippen molar-refractivity contribution in [1.29, 1.82) is 0 Å². The predicted molar refractivity (Wildman–Crippen MR) is 52.7 cm³/mol. The topological polar surface area (TPSA) is 56.5 Å². The highest BCUT2D eigenvalue weighted by Gasteiger charge is 2.07. The second kappa shape index (κ2) is 3.72. The van der Waals surface area contributed by atoms with E-state index in [0.29, 0.717) is 0 Å². The molecule has 0 aliphatic carbocycles. The average Bonchev–Trinajstić information content (AvgIpc) is 2.64. The fraction of sp³-hybridized carbons (Fsp3) is 0.200. The van der Waals surface area contributed by atoms with Gasteiger partial charge in [0.2, 0.25) is 0 Å². The van der Waals surface area contributed by atoms with Crippen LogP contribution in [-0.2, 0) is 7.05 Å². The summed E-state index contributed by atoms with van der Waals surface area (Å²) in [4.78, 5) is 0. The minimum absolute atomic E-state index is 0.775. The van der Waals surface area contributed by atoms with Gasteiger partial charge in [-0.3, -0.25) is 0 Å². The molecule has 0 aromatic carbocycles. The van der Waals surface area contributed by atoms with Crippen LogP contribution in [0.4, 0.5) is 0 Å². The Bertz CT molecular complexity index is 410. The van der Waals surface area contributed by atoms with Gasteiger partial charge in [0, 0.05) is 7.05 Å². The lowest BCUT2D eigenvalue weighted by Gasteiger charge is -1.93. The van der Waals surface area contributed by atoms with Crippen LogP contribution in [0.25, 0.3) is 0 Å². The number of aryl methyl sites for hydroxylation is 1. The molecule has 2 aromatic heterocycles. The van der Waals surface area contributed by atoms with E-state index in [1.165, 1.54) is 23.1 Å². The number of halogens is 1. The minimum Gasteiger partial charge on any atom is -0.311 e. The van der Waals surface area contributed by atoms with E-state index >= 15 is 0 Å². The molecule has 68 valence electrons. The summed E-state index contributed by atoms with van der Waals surface area (Å²) in [5, 5.41) is 16.3. The van der Waals surface area contributed by atoms with Crippen molar-refractivity contribution >= 4 is 39.0 Å². The van der Waals surface area contributed by atoms with Crippen LogP contribution in [0.3, 0.4) is 0 Å². The maximum absolute atomic E-state index is 3.94. The van der Waals surface area contributed by atoms with Gasteiger partial charge in [-0.25, -0.2) is 0 Å². The van der Waals surface area contributed by atoms with Crippen molar-refractivity contribution < 1.29 is 0 Å². The first-order chi connectivity index (χ1) is 6.25. The fourth-order valence-corrected chi connectivity index (χ4v) is 2.99. The molecule has 0 saturated heterocycles. The second-order valence-corrected chi connectivity index (χ2v) is 5.62. The molecule has 5 nitrogen and oxygen atoms in total. The molecule has 0 saturated carbocycles. The molecule has 2 rings (SSSR count). The molecule has 2 heterocycles. The maximum Gasteiger partial charge on any atom is 0.197 e. The number of aromatic nitrogens is 5. The van der Waals surface area contributed by atoms with Crippen molar-refractivity contribution in [2.24, 2.45) is 7.05 Å². The molecule has 0 bridgehead atoms. The average molecular weight is 278 g/mol. The Morgan fingerprint density at radius 1 is 1.46 bits per heavy atom. The van der Waals surface area contributed by atoms with Crippen LogP contribution in [0.1, 0.15) is 0 Å². The molecule has 0 aliphatic rings. The molecular formula is C5H4BrN5S2. The Balaban J connectivity index is 2.19. The van der Waals surface area contributed by atoms with E-state index in [0.717, 1.165) is 13.4 Å². The van der Waals surface area contributed by atoms with Gasteiger partial charge in [-0.15, -0.1) is 20.4 Å². The minimum atomic E-state index is 0.775. The van der Waals surface area contributed by atoms with E-state index in [-0.39, 0.29) is 0 Å². The fourth-order valence-electron chi connectivity index (χ4n) is 0.677. The first-order valence-corrected chi connectivity index (χ1v) is 5.69. The first kappa shape index (κ1) is 9.10. The summed E-state index contributed by atoms with van der Waals surface area (Å²) in [6.07, 6.45) is 1.65. The smallest absolute Gasteiger partial charge is 0.197 e. The second-order valence-electron chi connectivity index (χ2n) is 2.15. The van der Waals surface area contributed by atoms with Crippen molar-refractivity contribution in [3.8, 4) is 0 Å². The largest absolute Gasteiger partial charge is 0.311 e. The van der Waals surface area contributed by atoms with Gasteiger partial charge >= 0.3 is 0 Å². The zero-order chi connectivity index (χ0) is 9.26. The highest BCUT2D eigenvalue weighted by molar-refractivity contribution is 9.11. The Kier molecular flexibility index (Phi) is 2.61. The van der Waals surface area contributed by atoms with Gasteiger partial charge in [-0.05, 0) is 27.7 Å². The molecule has 0 atom stereocenters. The van der Waals surface area contributed by atoms with Crippen LogP contribution in [0.15, 0.2) is 19.7 Å². The molecule has 0 spiro atoms. The van der Waals surface area contributed by atoms with Gasteiger partial charge in [0.05, 0.1) is 0 Å². The van der Waals surface area contributed by atoms with Crippen LogP contribution < -0.4 is 0 Å². The number of nitrogens with zero attached hydrogens (tertiary/aromatic N) is 5. The van der Waals surface area contributed by atoms with E-state index in [1.54, 1.807) is 6.33 Å². The monoisotopic (exact) mass is 277 g/mol. The quantitative estimate of drug-likeness (QED) is 0.834. The third-order valence-corrected chi connectivity index (χ3v) is 3.69. The number of hydrogen-bond donors (Lipinski definition) is 0. The summed E-state index contributed by atoms with van der Waals surface area (Å²) in [5.41, 5.74) is 0. The van der Waals surface area contributed by atoms with Gasteiger partial charge in [0.15, 0.2) is 13.4 Å². The van der Waals surface area contributed by atoms with E-state index in [4.69, 9.17) is 0 Å². The third kappa shape index (κ3) is 2.06. The van der Waals surface area contributed by atoms with Crippen LogP contribution >= 0.6 is 39.0 Å². The Morgan fingerprint density at radius 2 is 2.31 bits per heavy atom. The normalized spacial score (nSPS) is 10.6. The molecule has 0 aliphatic heterocycles. The first-order valence-electron chi connectivity index (χ1n) is 3.26. The summed E-state index contributed by atoms with van der Waals surface area (Å²) >= 11 is 6.16. The van der Waals surface area contributed by atoms with Gasteiger partial charge in [0.25, 0.3) is 0 Å². The van der Waals surface area contributed by atoms with E-state index < -0.39 is 0 Å². The SMILES string of the molecule is Cn1cnnc1Sc1nnc(Br)s1. The Hall–Kier alpha value is -0.470. The lowest BCUT2D eigenvalue weighted by molar-refractivity contribution is 0.787. The Labute approximate surface area is 90.7 Å². The highest BCUT2D eigenvalue weighted by Crippen LogP contribution is 2.29. The summed E-state index contributed by atoms with van der Waals surface area (Å²) in [7, 11) is 1.89. The molecule has 2 aromatic rings. The highest BCUT2D eigenvalue weighted by atomic mass is 79.9. The van der Waals surface area contributed by atoms with Crippen molar-refractivity contribution in [1.82, 2.24) is 25.0 Å². The molecule has 13 heavy (non-hydrogen) atoms. The van der Waals surface area contributed by atoms with E-state index in [2.05, 4.69) is 36.3 Å². The van der Waals surface area contributed by atoms with Crippen LogP contribution in [0.5, 0.6) is 0 Å². The molecule has 8 heteroatoms. The summed E-state index contributed by atoms with van der Waals surface area (Å²) in [5.74, 6) is 0. The lowest BCUT2D eigenvalue weighted by atomic mass is 11.1. The van der Waals surface area contributed by atoms with E-state index in [1.807, 2.05) is 11.6 Å². The molecule has 0 unspecified atom stereocenters. The van der Waals surface area contributed by atoms with Crippen molar-refractivity contribution in [3.05, 3.63) is 10.2 Å². The summed E-state index contributed by atoms with van der Waals surface area (Å²) < 4.78 is 3.46. The van der Waals surface area contributed by atoms with Gasteiger partial charge in [-0.1, -0.05) is 11.3 Å². The lowest BCUT2D eigenvalue weighted by Crippen LogP contribution is -1.87. The number of rotatable bonds is 2. The van der Waals surface area contributed by atoms with Gasteiger partial charge < -0.3 is 4.57 Å². The molecule has 0 radical (unpaired) electrons. The molecule has 0 N–H and O–H groups in total. The molecule has 0 fully saturated rings. The summed E-state index contributed by atoms with van der Waals surface area (Å²) in [6.45, 7) is 0. The predicted octanol–water partition coefficient (Wildman–Crippen LogP) is 1.58. The maximum atomic E-state index is 3.94. The number of hydrogen-bond acceptors (Lipinski definition) is 6. The Morgan fingerprint density at radius 3 is 2.85 bits per heavy atom. The van der Waals surface area contributed by atoms with Crippen LogP contribution in [0, 0.1) is 0 Å². The van der Waals surface area contributed by atoms with Crippen molar-refractivity contribution in [2.45, 2.75) is 9.50 Å². The van der Waals surface area contributed by atoms with Crippen LogP contribution in [-0.4, -0.2) is 25.0 Å². The van der Waals surface area contributed by atoms with Crippen molar-refractivity contribution in [3.63, 3.8) is 0 Å². The van der Waals surface area contributed by atoms with Crippen molar-refractivity contribution in [2.75, 3.05) is 0 Å². The molecule has 0 amide bonds. The van der Waals surface area contributed by atoms with Gasteiger partial charge in [-0.2, -0.15) is 0 Å². The standard InChI is InChI=1S/C5H4BrN5S2/c1-11-2-7-9-4(11)13-5-10-8-3(6)12-5/h2H,1H3. The molecular weight excluding hydrogens is 274 g/mol.